The normalized spacial score (nSPS) is 16.6. The monoisotopic (exact) mass is 430 g/mol. The molecule has 2 aliphatic rings. The second-order valence-electron chi connectivity index (χ2n) is 8.26. The van der Waals surface area contributed by atoms with Crippen LogP contribution in [0.3, 0.4) is 0 Å². The lowest BCUT2D eigenvalue weighted by Gasteiger charge is -2.32. The zero-order valence-electron chi connectivity index (χ0n) is 18.0. The van der Waals surface area contributed by atoms with E-state index < -0.39 is 0 Å². The molecule has 9 heteroatoms. The van der Waals surface area contributed by atoms with Crippen LogP contribution in [0.25, 0.3) is 0 Å². The van der Waals surface area contributed by atoms with Gasteiger partial charge in [0.2, 0.25) is 11.9 Å². The molecule has 32 heavy (non-hydrogen) atoms. The summed E-state index contributed by atoms with van der Waals surface area (Å²) in [5.41, 5.74) is 1.24. The van der Waals surface area contributed by atoms with Gasteiger partial charge in [-0.1, -0.05) is 18.2 Å². The topological polar surface area (TPSA) is 99.2 Å². The van der Waals surface area contributed by atoms with Crippen LogP contribution in [0.2, 0.25) is 0 Å². The fourth-order valence-corrected chi connectivity index (χ4v) is 3.59. The van der Waals surface area contributed by atoms with Gasteiger partial charge >= 0.3 is 0 Å². The summed E-state index contributed by atoms with van der Waals surface area (Å²) in [5.74, 6) is 2.71. The summed E-state index contributed by atoms with van der Waals surface area (Å²) in [7, 11) is 2.12. The molecule has 0 spiro atoms. The van der Waals surface area contributed by atoms with Crippen molar-refractivity contribution < 1.29 is 4.79 Å². The maximum Gasteiger partial charge on any atom is 0.255 e. The van der Waals surface area contributed by atoms with Crippen LogP contribution in [-0.2, 0) is 0 Å². The average molecular weight is 431 g/mol. The third kappa shape index (κ3) is 4.83. The van der Waals surface area contributed by atoms with Gasteiger partial charge < -0.3 is 20.4 Å². The number of hydrogen-bond acceptors (Lipinski definition) is 8. The molecule has 1 saturated heterocycles. The SMILES string of the molecule is CN1CCN(c2nc(Nc3cc(C(=O)Nc4ccccc4)ccn3)nc(C3CC3)n2)CC1. The number of anilines is 4. The molecule has 5 rings (SSSR count). The van der Waals surface area contributed by atoms with Gasteiger partial charge in [0.05, 0.1) is 0 Å². The van der Waals surface area contributed by atoms with Crippen LogP contribution in [0.1, 0.15) is 34.9 Å². The van der Waals surface area contributed by atoms with Crippen molar-refractivity contribution >= 4 is 29.3 Å². The number of aromatic nitrogens is 4. The highest BCUT2D eigenvalue weighted by atomic mass is 16.1. The van der Waals surface area contributed by atoms with Gasteiger partial charge in [0.25, 0.3) is 5.91 Å². The number of hydrogen-bond donors (Lipinski definition) is 2. The molecule has 2 N–H and O–H groups in total. The first-order valence-corrected chi connectivity index (χ1v) is 10.9. The summed E-state index contributed by atoms with van der Waals surface area (Å²) in [5, 5.41) is 6.07. The molecule has 2 fully saturated rings. The van der Waals surface area contributed by atoms with E-state index in [-0.39, 0.29) is 5.91 Å². The Bertz CT molecular complexity index is 1090. The summed E-state index contributed by atoms with van der Waals surface area (Å²) >= 11 is 0. The van der Waals surface area contributed by atoms with Crippen LogP contribution in [0.15, 0.2) is 48.7 Å². The third-order valence-corrected chi connectivity index (χ3v) is 5.66. The van der Waals surface area contributed by atoms with Crippen LogP contribution in [0, 0.1) is 0 Å². The Hall–Kier alpha value is -3.59. The van der Waals surface area contributed by atoms with E-state index in [9.17, 15) is 4.79 Å². The highest BCUT2D eigenvalue weighted by Gasteiger charge is 2.29. The van der Waals surface area contributed by atoms with Crippen molar-refractivity contribution in [1.29, 1.82) is 0 Å². The van der Waals surface area contributed by atoms with Gasteiger partial charge in [0.1, 0.15) is 11.6 Å². The third-order valence-electron chi connectivity index (χ3n) is 5.66. The number of piperazine rings is 1. The predicted molar refractivity (Wildman–Crippen MR) is 123 cm³/mol. The maximum absolute atomic E-state index is 12.6. The number of amides is 1. The molecule has 2 aromatic heterocycles. The van der Waals surface area contributed by atoms with E-state index in [4.69, 9.17) is 4.98 Å². The molecule has 9 nitrogen and oxygen atoms in total. The molecule has 0 radical (unpaired) electrons. The lowest BCUT2D eigenvalue weighted by Crippen LogP contribution is -2.45. The Balaban J connectivity index is 1.35. The number of nitrogens with one attached hydrogen (secondary N) is 2. The van der Waals surface area contributed by atoms with E-state index >= 15 is 0 Å². The van der Waals surface area contributed by atoms with Gasteiger partial charge in [-0.3, -0.25) is 4.79 Å². The lowest BCUT2D eigenvalue weighted by molar-refractivity contribution is 0.102. The second kappa shape index (κ2) is 8.88. The molecular weight excluding hydrogens is 404 g/mol. The van der Waals surface area contributed by atoms with Gasteiger partial charge in [-0.15, -0.1) is 0 Å². The molecule has 3 heterocycles. The van der Waals surface area contributed by atoms with E-state index in [1.165, 1.54) is 0 Å². The van der Waals surface area contributed by atoms with Crippen LogP contribution in [0.5, 0.6) is 0 Å². The van der Waals surface area contributed by atoms with Crippen molar-refractivity contribution in [2.45, 2.75) is 18.8 Å². The lowest BCUT2D eigenvalue weighted by atomic mass is 10.2. The van der Waals surface area contributed by atoms with Crippen LogP contribution >= 0.6 is 0 Å². The number of benzene rings is 1. The molecule has 1 saturated carbocycles. The molecular formula is C23H26N8O. The molecule has 0 atom stereocenters. The average Bonchev–Trinajstić information content (AvgIpc) is 3.66. The molecule has 1 aromatic carbocycles. The first-order chi connectivity index (χ1) is 15.6. The van der Waals surface area contributed by atoms with Crippen molar-refractivity contribution in [1.82, 2.24) is 24.8 Å². The van der Waals surface area contributed by atoms with Crippen LogP contribution in [-0.4, -0.2) is 64.0 Å². The van der Waals surface area contributed by atoms with Crippen molar-refractivity contribution in [2.24, 2.45) is 0 Å². The summed E-state index contributed by atoms with van der Waals surface area (Å²) in [6, 6.07) is 12.8. The van der Waals surface area contributed by atoms with Gasteiger partial charge in [0, 0.05) is 49.5 Å². The first kappa shape index (κ1) is 20.3. The number of carbonyl (C=O) groups is 1. The fraction of sp³-hybridized carbons (Fsp3) is 0.348. The van der Waals surface area contributed by atoms with Gasteiger partial charge in [-0.05, 0) is 44.2 Å². The van der Waals surface area contributed by atoms with Crippen molar-refractivity contribution in [3.63, 3.8) is 0 Å². The second-order valence-corrected chi connectivity index (χ2v) is 8.26. The van der Waals surface area contributed by atoms with Gasteiger partial charge in [0.15, 0.2) is 0 Å². The highest BCUT2D eigenvalue weighted by Crippen LogP contribution is 2.38. The summed E-state index contributed by atoms with van der Waals surface area (Å²) in [6.07, 6.45) is 3.82. The van der Waals surface area contributed by atoms with Crippen molar-refractivity contribution in [3.05, 3.63) is 60.0 Å². The van der Waals surface area contributed by atoms with Crippen molar-refractivity contribution in [2.75, 3.05) is 48.8 Å². The largest absolute Gasteiger partial charge is 0.338 e. The van der Waals surface area contributed by atoms with Gasteiger partial charge in [-0.25, -0.2) is 4.98 Å². The van der Waals surface area contributed by atoms with Crippen LogP contribution < -0.4 is 15.5 Å². The zero-order chi connectivity index (χ0) is 21.9. The van der Waals surface area contributed by atoms with E-state index in [0.29, 0.717) is 29.2 Å². The Morgan fingerprint density at radius 3 is 2.53 bits per heavy atom. The molecule has 1 aliphatic heterocycles. The minimum Gasteiger partial charge on any atom is -0.338 e. The van der Waals surface area contributed by atoms with Gasteiger partial charge in [-0.2, -0.15) is 15.0 Å². The quantitative estimate of drug-likeness (QED) is 0.616. The molecule has 3 aromatic rings. The number of pyridine rings is 1. The Morgan fingerprint density at radius 2 is 1.78 bits per heavy atom. The summed E-state index contributed by atoms with van der Waals surface area (Å²) in [4.78, 5) is 35.5. The van der Waals surface area contributed by atoms with E-state index in [1.807, 2.05) is 30.3 Å². The minimum absolute atomic E-state index is 0.200. The Labute approximate surface area is 186 Å². The number of nitrogens with zero attached hydrogens (tertiary/aromatic N) is 6. The zero-order valence-corrected chi connectivity index (χ0v) is 18.0. The molecule has 164 valence electrons. The molecule has 0 unspecified atom stereocenters. The number of likely N-dealkylation sites (N-methyl/N-ethyl adjacent to an activating group) is 1. The Morgan fingerprint density at radius 1 is 1.00 bits per heavy atom. The first-order valence-electron chi connectivity index (χ1n) is 10.9. The highest BCUT2D eigenvalue weighted by molar-refractivity contribution is 6.04. The standard InChI is InChI=1S/C23H26N8O/c1-30-11-13-31(14-12-30)23-28-20(16-7-8-16)27-22(29-23)26-19-15-17(9-10-24-19)21(32)25-18-5-3-2-4-6-18/h2-6,9-10,15-16H,7-8,11-14H2,1H3,(H,25,32)(H,24,26,27,28,29). The van der Waals surface area contributed by atoms with E-state index in [2.05, 4.69) is 42.4 Å². The van der Waals surface area contributed by atoms with E-state index in [1.54, 1.807) is 18.3 Å². The van der Waals surface area contributed by atoms with E-state index in [0.717, 1.165) is 50.5 Å². The molecule has 0 bridgehead atoms. The fourth-order valence-electron chi connectivity index (χ4n) is 3.59. The molecule has 1 amide bonds. The smallest absolute Gasteiger partial charge is 0.255 e. The Kier molecular flexibility index (Phi) is 5.64. The predicted octanol–water partition coefficient (Wildman–Crippen LogP) is 2.89. The number of rotatable bonds is 6. The maximum atomic E-state index is 12.6. The summed E-state index contributed by atoms with van der Waals surface area (Å²) < 4.78 is 0. The number of para-hydroxylation sites is 1. The summed E-state index contributed by atoms with van der Waals surface area (Å²) in [6.45, 7) is 3.73. The minimum atomic E-state index is -0.200. The number of carbonyl (C=O) groups excluding carboxylic acids is 1. The molecule has 1 aliphatic carbocycles. The van der Waals surface area contributed by atoms with Crippen molar-refractivity contribution in [3.8, 4) is 0 Å². The van der Waals surface area contributed by atoms with Crippen LogP contribution in [0.4, 0.5) is 23.4 Å².